The lowest BCUT2D eigenvalue weighted by Gasteiger charge is -2.36. The Kier molecular flexibility index (Phi) is 10.2. The Bertz CT molecular complexity index is 474. The fourth-order valence-electron chi connectivity index (χ4n) is 2.29. The van der Waals surface area contributed by atoms with Crippen LogP contribution in [0.25, 0.3) is 0 Å². The van der Waals surface area contributed by atoms with E-state index in [-0.39, 0.29) is 24.0 Å². The molecule has 0 spiro atoms. The van der Waals surface area contributed by atoms with E-state index in [1.165, 1.54) is 11.5 Å². The first-order chi connectivity index (χ1) is 10.8. The van der Waals surface area contributed by atoms with E-state index in [0.29, 0.717) is 0 Å². The molecular weight excluding hydrogens is 443 g/mol. The summed E-state index contributed by atoms with van der Waals surface area (Å²) in [6, 6.07) is 0. The van der Waals surface area contributed by atoms with Crippen molar-refractivity contribution in [2.75, 3.05) is 56.2 Å². The van der Waals surface area contributed by atoms with Gasteiger partial charge in [-0.25, -0.2) is 4.98 Å². The van der Waals surface area contributed by atoms with E-state index >= 15 is 0 Å². The molecule has 1 aromatic heterocycles. The molecule has 132 valence electrons. The Labute approximate surface area is 164 Å². The van der Waals surface area contributed by atoms with Crippen molar-refractivity contribution in [1.82, 2.24) is 19.6 Å². The van der Waals surface area contributed by atoms with Gasteiger partial charge in [-0.05, 0) is 13.2 Å². The maximum absolute atomic E-state index is 4.71. The summed E-state index contributed by atoms with van der Waals surface area (Å²) >= 11 is 3.35. The number of hydrogen-bond acceptors (Lipinski definition) is 6. The number of nitrogens with one attached hydrogen (secondary N) is 1. The molecule has 2 rings (SSSR count). The fraction of sp³-hybridized carbons (Fsp3) is 0.786. The van der Waals surface area contributed by atoms with Gasteiger partial charge in [0.25, 0.3) is 0 Å². The number of guanidine groups is 1. The van der Waals surface area contributed by atoms with Crippen LogP contribution in [0.3, 0.4) is 0 Å². The molecule has 0 aliphatic carbocycles. The second-order valence-electron chi connectivity index (χ2n) is 5.05. The van der Waals surface area contributed by atoms with Crippen LogP contribution >= 0.6 is 47.3 Å². The number of aromatic nitrogens is 2. The van der Waals surface area contributed by atoms with Gasteiger partial charge >= 0.3 is 0 Å². The fourth-order valence-corrected chi connectivity index (χ4v) is 3.37. The van der Waals surface area contributed by atoms with Crippen LogP contribution in [-0.4, -0.2) is 71.5 Å². The molecular formula is C14H27IN6S2. The Morgan fingerprint density at radius 3 is 2.61 bits per heavy atom. The monoisotopic (exact) mass is 470 g/mol. The molecule has 0 unspecified atom stereocenters. The zero-order valence-electron chi connectivity index (χ0n) is 14.1. The topological polar surface area (TPSA) is 56.7 Å². The molecule has 1 fully saturated rings. The number of hydrogen-bond donors (Lipinski definition) is 1. The van der Waals surface area contributed by atoms with Crippen LogP contribution in [0.1, 0.15) is 19.7 Å². The van der Waals surface area contributed by atoms with Gasteiger partial charge in [0, 0.05) is 56.4 Å². The number of piperazine rings is 1. The predicted octanol–water partition coefficient (Wildman–Crippen LogP) is 2.17. The van der Waals surface area contributed by atoms with E-state index in [0.717, 1.165) is 68.4 Å². The second kappa shape index (κ2) is 11.3. The van der Waals surface area contributed by atoms with Gasteiger partial charge in [-0.15, -0.1) is 24.0 Å². The minimum Gasteiger partial charge on any atom is -0.357 e. The van der Waals surface area contributed by atoms with Crippen LogP contribution in [0, 0.1) is 0 Å². The van der Waals surface area contributed by atoms with Gasteiger partial charge in [0.1, 0.15) is 5.82 Å². The van der Waals surface area contributed by atoms with Crippen molar-refractivity contribution < 1.29 is 0 Å². The third-order valence-electron chi connectivity index (χ3n) is 3.52. The molecule has 6 nitrogen and oxygen atoms in total. The molecule has 1 saturated heterocycles. The van der Waals surface area contributed by atoms with Crippen molar-refractivity contribution in [3.8, 4) is 0 Å². The summed E-state index contributed by atoms with van der Waals surface area (Å²) < 4.78 is 4.38. The van der Waals surface area contributed by atoms with Gasteiger partial charge < -0.3 is 15.1 Å². The zero-order valence-corrected chi connectivity index (χ0v) is 18.1. The Balaban J connectivity index is 0.00000264. The van der Waals surface area contributed by atoms with Crippen molar-refractivity contribution in [3.05, 3.63) is 5.82 Å². The minimum atomic E-state index is 0. The summed E-state index contributed by atoms with van der Waals surface area (Å²) in [4.78, 5) is 14.0. The normalized spacial score (nSPS) is 15.5. The van der Waals surface area contributed by atoms with E-state index in [1.54, 1.807) is 0 Å². The highest BCUT2D eigenvalue weighted by Crippen LogP contribution is 2.19. The van der Waals surface area contributed by atoms with Crippen molar-refractivity contribution in [2.45, 2.75) is 20.3 Å². The third-order valence-corrected chi connectivity index (χ3v) is 4.92. The van der Waals surface area contributed by atoms with Gasteiger partial charge in [0.15, 0.2) is 5.96 Å². The van der Waals surface area contributed by atoms with Gasteiger partial charge in [0.2, 0.25) is 5.13 Å². The number of rotatable bonds is 6. The minimum absolute atomic E-state index is 0. The number of aliphatic imine (C=N–C) groups is 1. The van der Waals surface area contributed by atoms with Crippen LogP contribution in [0.4, 0.5) is 5.13 Å². The molecule has 0 amide bonds. The Hall–Kier alpha value is -0.290. The Morgan fingerprint density at radius 2 is 2.04 bits per heavy atom. The summed E-state index contributed by atoms with van der Waals surface area (Å²) in [5.74, 6) is 3.07. The van der Waals surface area contributed by atoms with Crippen LogP contribution in [0.15, 0.2) is 4.99 Å². The highest BCUT2D eigenvalue weighted by Gasteiger charge is 2.21. The van der Waals surface area contributed by atoms with Crippen LogP contribution in [0.2, 0.25) is 0 Å². The predicted molar refractivity (Wildman–Crippen MR) is 113 cm³/mol. The molecule has 1 aliphatic rings. The van der Waals surface area contributed by atoms with Gasteiger partial charge in [-0.2, -0.15) is 16.1 Å². The van der Waals surface area contributed by atoms with E-state index in [2.05, 4.69) is 44.6 Å². The average molecular weight is 470 g/mol. The van der Waals surface area contributed by atoms with Crippen LogP contribution in [-0.2, 0) is 6.42 Å². The maximum atomic E-state index is 4.71. The summed E-state index contributed by atoms with van der Waals surface area (Å²) in [5, 5.41) is 4.46. The molecule has 23 heavy (non-hydrogen) atoms. The van der Waals surface area contributed by atoms with E-state index < -0.39 is 0 Å². The number of anilines is 1. The number of halogens is 1. The molecule has 0 aromatic carbocycles. The average Bonchev–Trinajstić information content (AvgIpc) is 3.03. The van der Waals surface area contributed by atoms with Gasteiger partial charge in [0.05, 0.1) is 6.54 Å². The van der Waals surface area contributed by atoms with E-state index in [1.807, 2.05) is 11.8 Å². The third kappa shape index (κ3) is 6.26. The highest BCUT2D eigenvalue weighted by molar-refractivity contribution is 14.0. The zero-order chi connectivity index (χ0) is 15.8. The molecule has 0 atom stereocenters. The second-order valence-corrected chi connectivity index (χ2v) is 6.77. The molecule has 0 radical (unpaired) electrons. The van der Waals surface area contributed by atoms with Crippen LogP contribution < -0.4 is 10.2 Å². The van der Waals surface area contributed by atoms with Gasteiger partial charge in [-0.1, -0.05) is 6.92 Å². The number of aryl methyl sites for hydroxylation is 1. The lowest BCUT2D eigenvalue weighted by Crippen LogP contribution is -2.52. The summed E-state index contributed by atoms with van der Waals surface area (Å²) in [7, 11) is 0. The number of nitrogens with zero attached hydrogens (tertiary/aromatic N) is 5. The molecule has 1 N–H and O–H groups in total. The molecule has 0 saturated carbocycles. The quantitative estimate of drug-likeness (QED) is 0.298. The molecule has 9 heteroatoms. The molecule has 1 aromatic rings. The lowest BCUT2D eigenvalue weighted by atomic mass is 10.3. The summed E-state index contributed by atoms with van der Waals surface area (Å²) in [5.41, 5.74) is 0. The number of thioether (sulfide) groups is 1. The molecule has 1 aliphatic heterocycles. The van der Waals surface area contributed by atoms with E-state index in [4.69, 9.17) is 4.99 Å². The molecule has 2 heterocycles. The van der Waals surface area contributed by atoms with Crippen molar-refractivity contribution in [2.24, 2.45) is 4.99 Å². The largest absolute Gasteiger partial charge is 0.357 e. The first-order valence-corrected chi connectivity index (χ1v) is 10.0. The SMILES string of the molecule is CCNC(=NCCSC)N1CCN(c2nc(CC)ns2)CC1.I. The maximum Gasteiger partial charge on any atom is 0.205 e. The van der Waals surface area contributed by atoms with Crippen molar-refractivity contribution in [3.63, 3.8) is 0 Å². The van der Waals surface area contributed by atoms with Crippen molar-refractivity contribution >= 4 is 58.4 Å². The van der Waals surface area contributed by atoms with Crippen molar-refractivity contribution in [1.29, 1.82) is 0 Å². The first kappa shape index (κ1) is 20.8. The smallest absolute Gasteiger partial charge is 0.205 e. The first-order valence-electron chi connectivity index (χ1n) is 7.88. The van der Waals surface area contributed by atoms with E-state index in [9.17, 15) is 0 Å². The van der Waals surface area contributed by atoms with Crippen LogP contribution in [0.5, 0.6) is 0 Å². The molecule has 0 bridgehead atoms. The lowest BCUT2D eigenvalue weighted by molar-refractivity contribution is 0.372. The highest BCUT2D eigenvalue weighted by atomic mass is 127. The summed E-state index contributed by atoms with van der Waals surface area (Å²) in [6.45, 7) is 9.91. The summed E-state index contributed by atoms with van der Waals surface area (Å²) in [6.07, 6.45) is 3.02. The van der Waals surface area contributed by atoms with Gasteiger partial charge in [-0.3, -0.25) is 4.99 Å². The Morgan fingerprint density at radius 1 is 1.30 bits per heavy atom. The standard InChI is InChI=1S/C14H26N6S2.HI/c1-4-12-17-14(22-18-12)20-9-7-19(8-10-20)13(15-5-2)16-6-11-21-3;/h4-11H2,1-3H3,(H,15,16);1H.